The summed E-state index contributed by atoms with van der Waals surface area (Å²) in [6, 6.07) is 19.1. The van der Waals surface area contributed by atoms with Gasteiger partial charge in [-0.25, -0.2) is 4.68 Å². The van der Waals surface area contributed by atoms with Crippen molar-refractivity contribution in [3.05, 3.63) is 71.5 Å². The summed E-state index contributed by atoms with van der Waals surface area (Å²) in [6.45, 7) is 14.0. The molecule has 2 aromatic carbocycles. The Kier molecular flexibility index (Phi) is 8.46. The zero-order valence-corrected chi connectivity index (χ0v) is 20.8. The predicted octanol–water partition coefficient (Wildman–Crippen LogP) is 4.16. The van der Waals surface area contributed by atoms with Crippen molar-refractivity contribution in [2.24, 2.45) is 0 Å². The van der Waals surface area contributed by atoms with Gasteiger partial charge in [-0.1, -0.05) is 42.5 Å². The average molecular weight is 471 g/mol. The second kappa shape index (κ2) is 11.1. The first kappa shape index (κ1) is 25.1. The first-order valence-corrected chi connectivity index (χ1v) is 11.5. The molecule has 8 heteroatoms. The van der Waals surface area contributed by atoms with Crippen molar-refractivity contribution >= 4 is 12.4 Å². The number of nitrogens with zero attached hydrogens (tertiary/aromatic N) is 6. The quantitative estimate of drug-likeness (QED) is 0.517. The molecule has 1 saturated heterocycles. The maximum atomic E-state index is 5.66. The lowest BCUT2D eigenvalue weighted by molar-refractivity contribution is 0.0979. The van der Waals surface area contributed by atoms with Gasteiger partial charge in [-0.05, 0) is 61.4 Å². The van der Waals surface area contributed by atoms with Crippen LogP contribution in [0.4, 0.5) is 0 Å². The summed E-state index contributed by atoms with van der Waals surface area (Å²) in [7, 11) is 0. The minimum absolute atomic E-state index is 0. The third kappa shape index (κ3) is 6.10. The van der Waals surface area contributed by atoms with Crippen LogP contribution >= 0.6 is 12.4 Å². The van der Waals surface area contributed by atoms with Crippen molar-refractivity contribution in [2.75, 3.05) is 32.8 Å². The fourth-order valence-electron chi connectivity index (χ4n) is 4.30. The van der Waals surface area contributed by atoms with Gasteiger partial charge in [-0.15, -0.1) is 17.5 Å². The van der Waals surface area contributed by atoms with Crippen LogP contribution in [0.2, 0.25) is 0 Å². The fraction of sp³-hybridized carbons (Fsp3) is 0.480. The largest absolute Gasteiger partial charge is 0.494 e. The normalized spacial score (nSPS) is 16.2. The molecule has 3 aromatic rings. The minimum atomic E-state index is -0.197. The Morgan fingerprint density at radius 2 is 1.61 bits per heavy atom. The van der Waals surface area contributed by atoms with Crippen LogP contribution in [0.15, 0.2) is 54.6 Å². The zero-order chi connectivity index (χ0) is 22.6. The standard InChI is InChI=1S/C25H34N6O.ClH/c1-5-32-22-13-11-21(12-14-22)23(24-26-27-28-31(24)25(2,3)4)30-17-15-29(16-18-30)19-20-9-7-6-8-10-20;/h6-14,23H,5,15-19H2,1-4H3;1H. The monoisotopic (exact) mass is 470 g/mol. The third-order valence-electron chi connectivity index (χ3n) is 5.90. The van der Waals surface area contributed by atoms with Crippen LogP contribution in [0.1, 0.15) is 50.7 Å². The van der Waals surface area contributed by atoms with Crippen LogP contribution < -0.4 is 4.74 Å². The van der Waals surface area contributed by atoms with Crippen molar-refractivity contribution < 1.29 is 4.74 Å². The molecule has 2 heterocycles. The summed E-state index contributed by atoms with van der Waals surface area (Å²) in [5.74, 6) is 1.77. The minimum Gasteiger partial charge on any atom is -0.494 e. The lowest BCUT2D eigenvalue weighted by Crippen LogP contribution is -2.48. The van der Waals surface area contributed by atoms with Gasteiger partial charge >= 0.3 is 0 Å². The average Bonchev–Trinajstić information content (AvgIpc) is 3.27. The number of hydrogen-bond donors (Lipinski definition) is 0. The molecule has 1 aliphatic rings. The molecule has 1 fully saturated rings. The van der Waals surface area contributed by atoms with Gasteiger partial charge in [0.05, 0.1) is 18.2 Å². The molecule has 0 bridgehead atoms. The zero-order valence-electron chi connectivity index (χ0n) is 20.0. The van der Waals surface area contributed by atoms with Gasteiger partial charge in [0.25, 0.3) is 0 Å². The number of hydrogen-bond acceptors (Lipinski definition) is 6. The first-order valence-electron chi connectivity index (χ1n) is 11.5. The van der Waals surface area contributed by atoms with Crippen LogP contribution in [0.3, 0.4) is 0 Å². The Bertz CT molecular complexity index is 978. The van der Waals surface area contributed by atoms with Crippen LogP contribution in [-0.2, 0) is 12.1 Å². The van der Waals surface area contributed by atoms with E-state index in [-0.39, 0.29) is 24.0 Å². The maximum Gasteiger partial charge on any atom is 0.173 e. The molecule has 0 aliphatic carbocycles. The molecule has 1 atom stereocenters. The van der Waals surface area contributed by atoms with Gasteiger partial charge in [-0.3, -0.25) is 9.80 Å². The lowest BCUT2D eigenvalue weighted by Gasteiger charge is -2.39. The van der Waals surface area contributed by atoms with Crippen molar-refractivity contribution in [2.45, 2.75) is 45.8 Å². The Hall–Kier alpha value is -2.48. The van der Waals surface area contributed by atoms with E-state index < -0.39 is 0 Å². The third-order valence-corrected chi connectivity index (χ3v) is 5.90. The number of aromatic nitrogens is 4. The predicted molar refractivity (Wildman–Crippen MR) is 133 cm³/mol. The molecule has 0 saturated carbocycles. The first-order chi connectivity index (χ1) is 15.5. The molecule has 4 rings (SSSR count). The highest BCUT2D eigenvalue weighted by molar-refractivity contribution is 5.85. The molecule has 1 aromatic heterocycles. The molecule has 0 amide bonds. The molecular formula is C25H35ClN6O. The Morgan fingerprint density at radius 1 is 0.939 bits per heavy atom. The van der Waals surface area contributed by atoms with Gasteiger partial charge in [0.15, 0.2) is 5.82 Å². The Labute approximate surface area is 203 Å². The molecule has 7 nitrogen and oxygen atoms in total. The topological polar surface area (TPSA) is 59.3 Å². The van der Waals surface area contributed by atoms with Crippen LogP contribution in [0, 0.1) is 0 Å². The maximum absolute atomic E-state index is 5.66. The smallest absolute Gasteiger partial charge is 0.173 e. The van der Waals surface area contributed by atoms with Crippen molar-refractivity contribution in [3.63, 3.8) is 0 Å². The van der Waals surface area contributed by atoms with Crippen molar-refractivity contribution in [1.29, 1.82) is 0 Å². The number of piperazine rings is 1. The highest BCUT2D eigenvalue weighted by Gasteiger charge is 2.33. The molecule has 1 unspecified atom stereocenters. The van der Waals surface area contributed by atoms with Crippen LogP contribution in [0.25, 0.3) is 0 Å². The van der Waals surface area contributed by atoms with Gasteiger partial charge < -0.3 is 4.74 Å². The number of ether oxygens (including phenoxy) is 1. The van der Waals surface area contributed by atoms with E-state index in [2.05, 4.69) is 88.6 Å². The number of rotatable bonds is 7. The number of tetrazole rings is 1. The van der Waals surface area contributed by atoms with E-state index in [0.717, 1.165) is 44.3 Å². The van der Waals surface area contributed by atoms with E-state index in [1.54, 1.807) is 0 Å². The molecule has 178 valence electrons. The number of halogens is 1. The Morgan fingerprint density at radius 3 is 2.21 bits per heavy atom. The van der Waals surface area contributed by atoms with E-state index in [1.165, 1.54) is 11.1 Å². The molecular weight excluding hydrogens is 436 g/mol. The van der Waals surface area contributed by atoms with Gasteiger partial charge in [-0.2, -0.15) is 0 Å². The van der Waals surface area contributed by atoms with E-state index in [9.17, 15) is 0 Å². The summed E-state index contributed by atoms with van der Waals surface area (Å²) >= 11 is 0. The highest BCUT2D eigenvalue weighted by Crippen LogP contribution is 2.31. The summed E-state index contributed by atoms with van der Waals surface area (Å²) in [6.07, 6.45) is 0. The number of benzene rings is 2. The van der Waals surface area contributed by atoms with E-state index >= 15 is 0 Å². The van der Waals surface area contributed by atoms with Gasteiger partial charge in [0.2, 0.25) is 0 Å². The van der Waals surface area contributed by atoms with E-state index in [1.807, 2.05) is 23.7 Å². The summed E-state index contributed by atoms with van der Waals surface area (Å²) in [5, 5.41) is 12.9. The van der Waals surface area contributed by atoms with E-state index in [0.29, 0.717) is 6.61 Å². The molecule has 0 radical (unpaired) electrons. The fourth-order valence-corrected chi connectivity index (χ4v) is 4.30. The van der Waals surface area contributed by atoms with Crippen LogP contribution in [-0.4, -0.2) is 62.8 Å². The van der Waals surface area contributed by atoms with Crippen LogP contribution in [0.5, 0.6) is 5.75 Å². The molecule has 33 heavy (non-hydrogen) atoms. The summed E-state index contributed by atoms with van der Waals surface area (Å²) in [5.41, 5.74) is 2.35. The van der Waals surface area contributed by atoms with Crippen molar-refractivity contribution in [1.82, 2.24) is 30.0 Å². The summed E-state index contributed by atoms with van der Waals surface area (Å²) in [4.78, 5) is 5.03. The second-order valence-electron chi connectivity index (χ2n) is 9.32. The SMILES string of the molecule is CCOc1ccc(C(c2nnnn2C(C)(C)C)N2CCN(Cc3ccccc3)CC2)cc1.Cl. The lowest BCUT2D eigenvalue weighted by atomic mass is 10.0. The Balaban J connectivity index is 0.00000306. The van der Waals surface area contributed by atoms with Gasteiger partial charge in [0.1, 0.15) is 5.75 Å². The molecule has 0 spiro atoms. The van der Waals surface area contributed by atoms with E-state index in [4.69, 9.17) is 4.74 Å². The summed E-state index contributed by atoms with van der Waals surface area (Å²) < 4.78 is 7.62. The van der Waals surface area contributed by atoms with Crippen molar-refractivity contribution in [3.8, 4) is 5.75 Å². The molecule has 0 N–H and O–H groups in total. The highest BCUT2D eigenvalue weighted by atomic mass is 35.5. The second-order valence-corrected chi connectivity index (χ2v) is 9.32. The molecule has 1 aliphatic heterocycles. The van der Waals surface area contributed by atoms with Gasteiger partial charge in [0, 0.05) is 32.7 Å².